The molecule has 0 radical (unpaired) electrons. The van der Waals surface area contributed by atoms with Crippen LogP contribution < -0.4 is 5.32 Å². The number of hydrogen-bond acceptors (Lipinski definition) is 3. The molecule has 4 rings (SSSR count). The molecule has 10 heteroatoms. The van der Waals surface area contributed by atoms with Gasteiger partial charge in [0.1, 0.15) is 5.82 Å². The molecule has 2 heterocycles. The average molecular weight is 446 g/mol. The second-order valence-electron chi connectivity index (χ2n) is 6.69. The Bertz CT molecular complexity index is 1240. The molecule has 0 fully saturated rings. The van der Waals surface area contributed by atoms with Gasteiger partial charge in [0.05, 0.1) is 17.4 Å². The fourth-order valence-electron chi connectivity index (χ4n) is 3.14. The summed E-state index contributed by atoms with van der Waals surface area (Å²) < 4.78 is 43.9. The SMILES string of the molecule is Cn1ccnc1-c1cccc(NC(=O)c2cnn(-c3ccc(Cl)cc3)c2C(F)(F)F)c1. The largest absolute Gasteiger partial charge is 0.434 e. The highest BCUT2D eigenvalue weighted by molar-refractivity contribution is 6.30. The summed E-state index contributed by atoms with van der Waals surface area (Å²) in [6.45, 7) is 0. The molecule has 158 valence electrons. The number of amides is 1. The molecule has 1 amide bonds. The van der Waals surface area contributed by atoms with E-state index in [4.69, 9.17) is 11.6 Å². The molecule has 6 nitrogen and oxygen atoms in total. The van der Waals surface area contributed by atoms with Crippen molar-refractivity contribution in [3.05, 3.63) is 83.4 Å². The zero-order chi connectivity index (χ0) is 22.2. The second kappa shape index (κ2) is 7.92. The lowest BCUT2D eigenvalue weighted by atomic mass is 10.1. The molecule has 4 aromatic rings. The van der Waals surface area contributed by atoms with Crippen LogP contribution in [-0.2, 0) is 13.2 Å². The molecular formula is C21H15ClF3N5O. The first kappa shape index (κ1) is 20.7. The maximum Gasteiger partial charge on any atom is 0.434 e. The van der Waals surface area contributed by atoms with Gasteiger partial charge < -0.3 is 9.88 Å². The van der Waals surface area contributed by atoms with Crippen LogP contribution in [0.5, 0.6) is 0 Å². The lowest BCUT2D eigenvalue weighted by Gasteiger charge is -2.13. The first-order valence-corrected chi connectivity index (χ1v) is 9.42. The van der Waals surface area contributed by atoms with Crippen molar-refractivity contribution >= 4 is 23.2 Å². The molecule has 0 saturated heterocycles. The first-order valence-electron chi connectivity index (χ1n) is 9.04. The normalized spacial score (nSPS) is 11.5. The second-order valence-corrected chi connectivity index (χ2v) is 7.13. The van der Waals surface area contributed by atoms with E-state index < -0.39 is 23.3 Å². The summed E-state index contributed by atoms with van der Waals surface area (Å²) in [4.78, 5) is 17.0. The highest BCUT2D eigenvalue weighted by atomic mass is 35.5. The van der Waals surface area contributed by atoms with Crippen molar-refractivity contribution in [2.75, 3.05) is 5.32 Å². The van der Waals surface area contributed by atoms with Crippen LogP contribution in [0.2, 0.25) is 5.02 Å². The minimum absolute atomic E-state index is 0.132. The third kappa shape index (κ3) is 4.17. The molecule has 1 N–H and O–H groups in total. The summed E-state index contributed by atoms with van der Waals surface area (Å²) in [7, 11) is 1.81. The Labute approximate surface area is 179 Å². The lowest BCUT2D eigenvalue weighted by molar-refractivity contribution is -0.143. The van der Waals surface area contributed by atoms with Gasteiger partial charge in [-0.25, -0.2) is 9.67 Å². The number of carbonyl (C=O) groups is 1. The number of imidazole rings is 1. The molecule has 2 aromatic heterocycles. The number of anilines is 1. The van der Waals surface area contributed by atoms with Gasteiger partial charge in [-0.2, -0.15) is 18.3 Å². The van der Waals surface area contributed by atoms with Crippen LogP contribution in [0.3, 0.4) is 0 Å². The molecule has 0 aliphatic heterocycles. The minimum Gasteiger partial charge on any atom is -0.334 e. The van der Waals surface area contributed by atoms with Gasteiger partial charge in [0.2, 0.25) is 0 Å². The van der Waals surface area contributed by atoms with E-state index in [0.717, 1.165) is 6.20 Å². The monoisotopic (exact) mass is 445 g/mol. The van der Waals surface area contributed by atoms with Crippen molar-refractivity contribution in [2.24, 2.45) is 7.05 Å². The third-order valence-corrected chi connectivity index (χ3v) is 4.81. The van der Waals surface area contributed by atoms with Crippen molar-refractivity contribution in [1.29, 1.82) is 0 Å². The molecule has 0 unspecified atom stereocenters. The molecule has 31 heavy (non-hydrogen) atoms. The number of hydrogen-bond donors (Lipinski definition) is 1. The van der Waals surface area contributed by atoms with E-state index in [0.29, 0.717) is 26.8 Å². The summed E-state index contributed by atoms with van der Waals surface area (Å²) in [5, 5.41) is 6.68. The quantitative estimate of drug-likeness (QED) is 0.469. The number of halogens is 4. The third-order valence-electron chi connectivity index (χ3n) is 4.55. The Kier molecular flexibility index (Phi) is 5.28. The Morgan fingerprint density at radius 3 is 2.52 bits per heavy atom. The number of nitrogens with zero attached hydrogens (tertiary/aromatic N) is 4. The number of carbonyl (C=O) groups excluding carboxylic acids is 1. The van der Waals surface area contributed by atoms with E-state index in [2.05, 4.69) is 15.4 Å². The Morgan fingerprint density at radius 2 is 1.87 bits per heavy atom. The summed E-state index contributed by atoms with van der Waals surface area (Å²) in [6.07, 6.45) is -0.518. The predicted molar refractivity (Wildman–Crippen MR) is 110 cm³/mol. The number of aromatic nitrogens is 4. The smallest absolute Gasteiger partial charge is 0.334 e. The van der Waals surface area contributed by atoms with E-state index >= 15 is 0 Å². The fourth-order valence-corrected chi connectivity index (χ4v) is 3.27. The van der Waals surface area contributed by atoms with Gasteiger partial charge in [0.25, 0.3) is 5.91 Å². The van der Waals surface area contributed by atoms with Gasteiger partial charge in [0, 0.05) is 35.7 Å². The van der Waals surface area contributed by atoms with Crippen LogP contribution in [0, 0.1) is 0 Å². The highest BCUT2D eigenvalue weighted by Crippen LogP contribution is 2.34. The van der Waals surface area contributed by atoms with Crippen molar-refractivity contribution in [3.63, 3.8) is 0 Å². The topological polar surface area (TPSA) is 64.7 Å². The van der Waals surface area contributed by atoms with Gasteiger partial charge >= 0.3 is 6.18 Å². The number of benzene rings is 2. The molecule has 0 saturated carbocycles. The maximum atomic E-state index is 13.8. The summed E-state index contributed by atoms with van der Waals surface area (Å²) in [6, 6.07) is 12.4. The molecule has 0 bridgehead atoms. The number of aryl methyl sites for hydroxylation is 1. The van der Waals surface area contributed by atoms with E-state index in [1.54, 1.807) is 41.2 Å². The molecular weight excluding hydrogens is 431 g/mol. The van der Waals surface area contributed by atoms with Crippen molar-refractivity contribution in [3.8, 4) is 17.1 Å². The summed E-state index contributed by atoms with van der Waals surface area (Å²) in [5.74, 6) is -0.271. The molecule has 0 aliphatic carbocycles. The minimum atomic E-state index is -4.81. The fraction of sp³-hybridized carbons (Fsp3) is 0.0952. The lowest BCUT2D eigenvalue weighted by Crippen LogP contribution is -2.20. The molecule has 0 spiro atoms. The first-order chi connectivity index (χ1) is 14.7. The van der Waals surface area contributed by atoms with Crippen molar-refractivity contribution in [2.45, 2.75) is 6.18 Å². The van der Waals surface area contributed by atoms with Gasteiger partial charge in [0.15, 0.2) is 5.69 Å². The standard InChI is InChI=1S/C21H15ClF3N5O/c1-29-10-9-26-19(29)13-3-2-4-15(11-13)28-20(31)17-12-27-30(18(17)21(23,24)25)16-7-5-14(22)6-8-16/h2-12H,1H3,(H,28,31). The van der Waals surface area contributed by atoms with E-state index in [1.165, 1.54) is 24.3 Å². The number of alkyl halides is 3. The summed E-state index contributed by atoms with van der Waals surface area (Å²) >= 11 is 5.81. The van der Waals surface area contributed by atoms with Gasteiger partial charge in [-0.05, 0) is 36.4 Å². The number of rotatable bonds is 4. The Balaban J connectivity index is 1.68. The predicted octanol–water partition coefficient (Wildman–Crippen LogP) is 5.20. The summed E-state index contributed by atoms with van der Waals surface area (Å²) in [5.41, 5.74) is -0.596. The average Bonchev–Trinajstić information content (AvgIpc) is 3.35. The molecule has 2 aromatic carbocycles. The van der Waals surface area contributed by atoms with Gasteiger partial charge in [-0.3, -0.25) is 4.79 Å². The van der Waals surface area contributed by atoms with Crippen LogP contribution in [0.25, 0.3) is 17.1 Å². The highest BCUT2D eigenvalue weighted by Gasteiger charge is 2.40. The van der Waals surface area contributed by atoms with Gasteiger partial charge in [-0.15, -0.1) is 0 Å². The van der Waals surface area contributed by atoms with Crippen LogP contribution in [0.4, 0.5) is 18.9 Å². The van der Waals surface area contributed by atoms with E-state index in [9.17, 15) is 18.0 Å². The Morgan fingerprint density at radius 1 is 1.13 bits per heavy atom. The van der Waals surface area contributed by atoms with Gasteiger partial charge in [-0.1, -0.05) is 23.7 Å². The van der Waals surface area contributed by atoms with Crippen molar-refractivity contribution < 1.29 is 18.0 Å². The Hall–Kier alpha value is -3.59. The van der Waals surface area contributed by atoms with Crippen LogP contribution in [-0.4, -0.2) is 25.2 Å². The zero-order valence-electron chi connectivity index (χ0n) is 16.1. The van der Waals surface area contributed by atoms with Crippen molar-refractivity contribution in [1.82, 2.24) is 19.3 Å². The van der Waals surface area contributed by atoms with E-state index in [-0.39, 0.29) is 5.69 Å². The zero-order valence-corrected chi connectivity index (χ0v) is 16.8. The van der Waals surface area contributed by atoms with Crippen LogP contribution >= 0.6 is 11.6 Å². The van der Waals surface area contributed by atoms with Crippen LogP contribution in [0.1, 0.15) is 16.1 Å². The molecule has 0 atom stereocenters. The number of nitrogens with one attached hydrogen (secondary N) is 1. The maximum absolute atomic E-state index is 13.8. The van der Waals surface area contributed by atoms with E-state index in [1.807, 2.05) is 7.05 Å². The molecule has 0 aliphatic rings. The van der Waals surface area contributed by atoms with Crippen LogP contribution in [0.15, 0.2) is 67.1 Å².